The van der Waals surface area contributed by atoms with E-state index in [-0.39, 0.29) is 141 Å². The predicted molar refractivity (Wildman–Crippen MR) is 84.3 cm³/mol. The molecule has 0 aliphatic rings. The molecule has 0 saturated heterocycles. The van der Waals surface area contributed by atoms with Gasteiger partial charge in [-0.1, -0.05) is 0 Å². The fraction of sp³-hybridized carbons (Fsp3) is 0.667. The molecule has 6 nitrogen and oxygen atoms in total. The summed E-state index contributed by atoms with van der Waals surface area (Å²) in [5.41, 5.74) is 15.3. The molecule has 0 amide bonds. The first-order valence-corrected chi connectivity index (χ1v) is 3.58. The molecule has 1 atom stereocenters. The molecule has 0 bridgehead atoms. The van der Waals surface area contributed by atoms with Crippen molar-refractivity contribution in [2.45, 2.75) is 18.9 Å². The minimum atomic E-state index is -1.00. The Morgan fingerprint density at radius 1 is 1.28 bits per heavy atom. The van der Waals surface area contributed by atoms with Crippen molar-refractivity contribution in [1.29, 1.82) is 0 Å². The molecule has 0 aromatic rings. The molecule has 0 aromatic heterocycles. The fourth-order valence-corrected chi connectivity index (χ4v) is 0.643. The van der Waals surface area contributed by atoms with E-state index < -0.39 is 12.0 Å². The van der Waals surface area contributed by atoms with Crippen LogP contribution in [-0.4, -0.2) is 90.4 Å². The third-order valence-electron chi connectivity index (χ3n) is 1.28. The van der Waals surface area contributed by atoms with Crippen LogP contribution < -0.4 is 46.8 Å². The van der Waals surface area contributed by atoms with E-state index in [9.17, 15) is 4.79 Å². The zero-order valence-electron chi connectivity index (χ0n) is 15.4. The maximum absolute atomic E-state index is 10.2. The second kappa shape index (κ2) is 27.9. The van der Waals surface area contributed by atoms with Crippen LogP contribution in [0.1, 0.15) is 20.0 Å². The van der Waals surface area contributed by atoms with Gasteiger partial charge in [0, 0.05) is 6.54 Å². The van der Waals surface area contributed by atoms with E-state index in [4.69, 9.17) is 22.3 Å². The van der Waals surface area contributed by atoms with E-state index in [1.807, 2.05) is 0 Å². The third kappa shape index (κ3) is 31.1. The van der Waals surface area contributed by atoms with Crippen LogP contribution in [0.3, 0.4) is 0 Å². The molecule has 7 N–H and O–H groups in total. The van der Waals surface area contributed by atoms with Crippen LogP contribution >= 0.6 is 37.2 Å². The van der Waals surface area contributed by atoms with Gasteiger partial charge in [-0.2, -0.15) is 0 Å². The maximum atomic E-state index is 10.2. The SMILES string of the molecule is Cl.Cl.Cl.NC(N)=NCCCC(N)C(=O)O.[Ca+2].[H-].[H-].[H-].[H-].[H-].[Mg+2].[Na+]. The molecule has 0 saturated carbocycles. The number of aliphatic carboxylic acids is 1. The van der Waals surface area contributed by atoms with Crippen LogP contribution in [0.5, 0.6) is 0 Å². The van der Waals surface area contributed by atoms with Gasteiger partial charge in [-0.25, -0.2) is 0 Å². The number of nitrogens with two attached hydrogens (primary N) is 3. The Morgan fingerprint density at radius 2 is 1.67 bits per heavy atom. The first kappa shape index (κ1) is 42.8. The summed E-state index contributed by atoms with van der Waals surface area (Å²) in [6.45, 7) is 0.420. The van der Waals surface area contributed by atoms with Crippen LogP contribution in [0.15, 0.2) is 4.99 Å². The molecule has 0 spiro atoms. The van der Waals surface area contributed by atoms with Crippen molar-refractivity contribution in [1.82, 2.24) is 0 Å². The third-order valence-corrected chi connectivity index (χ3v) is 1.28. The Balaban J connectivity index is -0.0000000110. The van der Waals surface area contributed by atoms with Crippen LogP contribution in [0.25, 0.3) is 0 Å². The molecular weight excluding hydrogens is 354 g/mol. The van der Waals surface area contributed by atoms with E-state index in [0.29, 0.717) is 19.4 Å². The second-order valence-electron chi connectivity index (χ2n) is 2.39. The maximum Gasteiger partial charge on any atom is 2.00 e. The standard InChI is InChI=1S/C6H14N4O2.Ca.3ClH.Mg.Na.5H/c7-4(5(11)12)2-1-3-10-6(8)9;;;;;;;;;;;/h4H,1-3,7H2,(H,11,12)(H4,8,9,10);;3*1H;;;;;;;/q;+2;;;;+2;+1;5*-1. The summed E-state index contributed by atoms with van der Waals surface area (Å²) >= 11 is 0. The molecule has 104 valence electrons. The number of carboxylic acid groups (broad SMARTS) is 1. The van der Waals surface area contributed by atoms with Crippen molar-refractivity contribution < 1.29 is 46.6 Å². The van der Waals surface area contributed by atoms with Gasteiger partial charge in [-0.15, -0.1) is 37.2 Å². The van der Waals surface area contributed by atoms with Crippen molar-refractivity contribution in [3.05, 3.63) is 0 Å². The molecule has 0 fully saturated rings. The van der Waals surface area contributed by atoms with Gasteiger partial charge >= 0.3 is 96.3 Å². The number of halogens is 3. The normalized spacial score (nSPS) is 8.06. The van der Waals surface area contributed by atoms with Crippen molar-refractivity contribution in [3.8, 4) is 0 Å². The molecule has 1 unspecified atom stereocenters. The summed E-state index contributed by atoms with van der Waals surface area (Å²) in [4.78, 5) is 13.9. The van der Waals surface area contributed by atoms with Gasteiger partial charge in [0.15, 0.2) is 5.96 Å². The zero-order chi connectivity index (χ0) is 9.56. The van der Waals surface area contributed by atoms with Crippen molar-refractivity contribution in [2.24, 2.45) is 22.2 Å². The number of aliphatic imine (C=N–C) groups is 1. The first-order chi connectivity index (χ1) is 5.54. The van der Waals surface area contributed by atoms with Gasteiger partial charge in [-0.3, -0.25) is 9.79 Å². The predicted octanol–water partition coefficient (Wildman–Crippen LogP) is -3.48. The Labute approximate surface area is 201 Å². The Kier molecular flexibility index (Phi) is 66.2. The van der Waals surface area contributed by atoms with E-state index in [1.54, 1.807) is 0 Å². The molecule has 0 radical (unpaired) electrons. The zero-order valence-corrected chi connectivity index (χ0v) is 18.4. The summed E-state index contributed by atoms with van der Waals surface area (Å²) in [7, 11) is 0. The number of rotatable bonds is 5. The molecule has 0 aliphatic carbocycles. The minimum Gasteiger partial charge on any atom is -1.00 e. The van der Waals surface area contributed by atoms with Gasteiger partial charge in [0.1, 0.15) is 6.04 Å². The number of guanidine groups is 1. The second-order valence-corrected chi connectivity index (χ2v) is 2.39. The van der Waals surface area contributed by atoms with Crippen molar-refractivity contribution in [2.75, 3.05) is 6.54 Å². The smallest absolute Gasteiger partial charge is 1.00 e. The topological polar surface area (TPSA) is 128 Å². The number of nitrogens with zero attached hydrogens (tertiary/aromatic N) is 1. The van der Waals surface area contributed by atoms with Crippen molar-refractivity contribution in [3.63, 3.8) is 0 Å². The van der Waals surface area contributed by atoms with Gasteiger partial charge in [-0.05, 0) is 12.8 Å². The fourth-order valence-electron chi connectivity index (χ4n) is 0.643. The average molecular weight is 376 g/mol. The van der Waals surface area contributed by atoms with Gasteiger partial charge < -0.3 is 29.4 Å². The largest absolute Gasteiger partial charge is 2.00 e. The quantitative estimate of drug-likeness (QED) is 0.172. The number of carbonyl (C=O) groups is 1. The van der Waals surface area contributed by atoms with E-state index in [1.165, 1.54) is 0 Å². The summed E-state index contributed by atoms with van der Waals surface area (Å²) in [5.74, 6) is -0.987. The van der Waals surface area contributed by atoms with E-state index in [0.717, 1.165) is 0 Å². The summed E-state index contributed by atoms with van der Waals surface area (Å²) < 4.78 is 0. The van der Waals surface area contributed by atoms with Crippen LogP contribution in [0.4, 0.5) is 0 Å². The number of carboxylic acids is 1. The van der Waals surface area contributed by atoms with Crippen LogP contribution in [-0.2, 0) is 4.79 Å². The van der Waals surface area contributed by atoms with E-state index in [2.05, 4.69) is 4.99 Å². The molecule has 0 aliphatic heterocycles. The molecular formula is C6H22CaCl3MgN4NaO2. The van der Waals surface area contributed by atoms with Gasteiger partial charge in [0.05, 0.1) is 0 Å². The van der Waals surface area contributed by atoms with Crippen LogP contribution in [0, 0.1) is 0 Å². The number of hydrogen-bond acceptors (Lipinski definition) is 3. The first-order valence-electron chi connectivity index (χ1n) is 3.58. The Hall–Kier alpha value is 2.60. The van der Waals surface area contributed by atoms with Gasteiger partial charge in [0.2, 0.25) is 0 Å². The van der Waals surface area contributed by atoms with Gasteiger partial charge in [0.25, 0.3) is 0 Å². The summed E-state index contributed by atoms with van der Waals surface area (Å²) in [6.07, 6.45) is 0.956. The van der Waals surface area contributed by atoms with E-state index >= 15 is 0 Å². The molecule has 0 heterocycles. The summed E-state index contributed by atoms with van der Waals surface area (Å²) in [5, 5.41) is 8.38. The Morgan fingerprint density at radius 3 is 1.94 bits per heavy atom. The summed E-state index contributed by atoms with van der Waals surface area (Å²) in [6, 6.07) is -0.820. The number of hydrogen-bond donors (Lipinski definition) is 4. The molecule has 0 rings (SSSR count). The van der Waals surface area contributed by atoms with Crippen molar-refractivity contribution >= 4 is 110 Å². The Bertz CT molecular complexity index is 221. The minimum absolute atomic E-state index is 0. The monoisotopic (exact) mass is 374 g/mol. The van der Waals surface area contributed by atoms with Crippen LogP contribution in [0.2, 0.25) is 0 Å². The molecule has 12 heteroatoms. The molecule has 0 aromatic carbocycles. The average Bonchev–Trinajstić information content (AvgIpc) is 1.97. The molecule has 18 heavy (non-hydrogen) atoms.